The van der Waals surface area contributed by atoms with Crippen LogP contribution in [0.1, 0.15) is 19.3 Å². The van der Waals surface area contributed by atoms with Crippen molar-refractivity contribution in [2.24, 2.45) is 7.05 Å². The summed E-state index contributed by atoms with van der Waals surface area (Å²) in [5.41, 5.74) is 0.857. The van der Waals surface area contributed by atoms with E-state index in [1.807, 2.05) is 0 Å². The zero-order valence-electron chi connectivity index (χ0n) is 8.74. The van der Waals surface area contributed by atoms with Gasteiger partial charge in [-0.3, -0.25) is 4.79 Å². The van der Waals surface area contributed by atoms with Gasteiger partial charge in [-0.1, -0.05) is 0 Å². The molecule has 0 amide bonds. The molecule has 5 heteroatoms. The molecule has 82 valence electrons. The highest BCUT2D eigenvalue weighted by Crippen LogP contribution is 2.24. The molecule has 4 nitrogen and oxygen atoms in total. The van der Waals surface area contributed by atoms with Crippen molar-refractivity contribution >= 4 is 21.6 Å². The van der Waals surface area contributed by atoms with E-state index in [9.17, 15) is 4.79 Å². The first-order chi connectivity index (χ1) is 7.20. The van der Waals surface area contributed by atoms with Crippen LogP contribution in [-0.2, 0) is 7.05 Å². The van der Waals surface area contributed by atoms with Crippen molar-refractivity contribution in [1.82, 2.24) is 9.78 Å². The summed E-state index contributed by atoms with van der Waals surface area (Å²) in [6.07, 6.45) is 5.44. The van der Waals surface area contributed by atoms with Crippen molar-refractivity contribution < 1.29 is 0 Å². The predicted molar refractivity (Wildman–Crippen MR) is 63.2 cm³/mol. The molecule has 0 radical (unpaired) electrons. The van der Waals surface area contributed by atoms with Gasteiger partial charge in [0.05, 0.1) is 11.9 Å². The Morgan fingerprint density at radius 1 is 1.33 bits per heavy atom. The van der Waals surface area contributed by atoms with Gasteiger partial charge in [0.2, 0.25) is 0 Å². The number of hydrogen-bond acceptors (Lipinski definition) is 3. The molecular formula is C10H14BrN3O. The molecule has 1 fully saturated rings. The zero-order chi connectivity index (χ0) is 10.8. The number of aromatic nitrogens is 2. The molecule has 0 spiro atoms. The Morgan fingerprint density at radius 2 is 2.00 bits per heavy atom. The maximum absolute atomic E-state index is 11.7. The third-order valence-corrected chi connectivity index (χ3v) is 3.50. The zero-order valence-corrected chi connectivity index (χ0v) is 10.3. The van der Waals surface area contributed by atoms with Gasteiger partial charge in [-0.05, 0) is 35.2 Å². The van der Waals surface area contributed by atoms with E-state index in [-0.39, 0.29) is 5.56 Å². The van der Waals surface area contributed by atoms with Gasteiger partial charge in [0.25, 0.3) is 5.56 Å². The minimum absolute atomic E-state index is 0.0712. The average molecular weight is 272 g/mol. The minimum atomic E-state index is -0.0712. The van der Waals surface area contributed by atoms with Crippen molar-refractivity contribution in [1.29, 1.82) is 0 Å². The van der Waals surface area contributed by atoms with E-state index in [4.69, 9.17) is 0 Å². The van der Waals surface area contributed by atoms with Gasteiger partial charge in [-0.25, -0.2) is 4.68 Å². The van der Waals surface area contributed by atoms with Gasteiger partial charge in [0, 0.05) is 20.1 Å². The summed E-state index contributed by atoms with van der Waals surface area (Å²) in [7, 11) is 1.66. The number of aryl methyl sites for hydroxylation is 1. The summed E-state index contributed by atoms with van der Waals surface area (Å²) in [5.74, 6) is 0. The summed E-state index contributed by atoms with van der Waals surface area (Å²) in [4.78, 5) is 13.9. The van der Waals surface area contributed by atoms with E-state index in [0.29, 0.717) is 4.47 Å². The number of rotatable bonds is 1. The van der Waals surface area contributed by atoms with E-state index in [0.717, 1.165) is 18.8 Å². The molecule has 0 saturated carbocycles. The Bertz CT molecular complexity index is 410. The number of hydrogen-bond donors (Lipinski definition) is 0. The second kappa shape index (κ2) is 4.35. The third kappa shape index (κ3) is 2.07. The molecule has 1 saturated heterocycles. The number of anilines is 1. The Morgan fingerprint density at radius 3 is 2.67 bits per heavy atom. The lowest BCUT2D eigenvalue weighted by molar-refractivity contribution is 0.573. The maximum Gasteiger partial charge on any atom is 0.282 e. The van der Waals surface area contributed by atoms with Crippen LogP contribution in [0.5, 0.6) is 0 Å². The van der Waals surface area contributed by atoms with Crippen LogP contribution in [0.15, 0.2) is 15.5 Å². The van der Waals surface area contributed by atoms with Gasteiger partial charge in [-0.15, -0.1) is 0 Å². The van der Waals surface area contributed by atoms with Gasteiger partial charge in [0.1, 0.15) is 4.47 Å². The number of piperidine rings is 1. The van der Waals surface area contributed by atoms with Crippen molar-refractivity contribution in [3.63, 3.8) is 0 Å². The molecule has 0 aliphatic carbocycles. The molecule has 0 N–H and O–H groups in total. The van der Waals surface area contributed by atoms with Crippen LogP contribution in [0.25, 0.3) is 0 Å². The number of nitrogens with zero attached hydrogens (tertiary/aromatic N) is 3. The summed E-state index contributed by atoms with van der Waals surface area (Å²) < 4.78 is 1.97. The van der Waals surface area contributed by atoms with E-state index < -0.39 is 0 Å². The number of halogens is 1. The molecule has 0 bridgehead atoms. The van der Waals surface area contributed by atoms with Crippen LogP contribution in [0.4, 0.5) is 5.69 Å². The van der Waals surface area contributed by atoms with Crippen molar-refractivity contribution in [2.45, 2.75) is 19.3 Å². The van der Waals surface area contributed by atoms with Gasteiger partial charge < -0.3 is 4.90 Å². The topological polar surface area (TPSA) is 38.1 Å². The Balaban J connectivity index is 2.35. The largest absolute Gasteiger partial charge is 0.369 e. The highest BCUT2D eigenvalue weighted by Gasteiger charge is 2.16. The average Bonchev–Trinajstić information content (AvgIpc) is 2.27. The minimum Gasteiger partial charge on any atom is -0.369 e. The van der Waals surface area contributed by atoms with Crippen LogP contribution >= 0.6 is 15.9 Å². The highest BCUT2D eigenvalue weighted by molar-refractivity contribution is 9.10. The fourth-order valence-electron chi connectivity index (χ4n) is 1.86. The Hall–Kier alpha value is -0.840. The van der Waals surface area contributed by atoms with Crippen molar-refractivity contribution in [2.75, 3.05) is 18.0 Å². The summed E-state index contributed by atoms with van der Waals surface area (Å²) in [6, 6.07) is 0. The quantitative estimate of drug-likeness (QED) is 0.778. The Kier molecular flexibility index (Phi) is 3.09. The second-order valence-electron chi connectivity index (χ2n) is 3.82. The molecule has 2 rings (SSSR count). The summed E-state index contributed by atoms with van der Waals surface area (Å²) in [5, 5.41) is 4.05. The summed E-state index contributed by atoms with van der Waals surface area (Å²) >= 11 is 3.35. The third-order valence-electron chi connectivity index (χ3n) is 2.76. The first-order valence-electron chi connectivity index (χ1n) is 5.17. The first-order valence-corrected chi connectivity index (χ1v) is 5.96. The maximum atomic E-state index is 11.7. The van der Waals surface area contributed by atoms with Gasteiger partial charge >= 0.3 is 0 Å². The van der Waals surface area contributed by atoms with Gasteiger partial charge in [-0.2, -0.15) is 5.10 Å². The smallest absolute Gasteiger partial charge is 0.282 e. The normalized spacial score (nSPS) is 16.8. The van der Waals surface area contributed by atoms with E-state index >= 15 is 0 Å². The molecule has 1 aromatic heterocycles. The monoisotopic (exact) mass is 271 g/mol. The molecule has 0 unspecified atom stereocenters. The lowest BCUT2D eigenvalue weighted by Gasteiger charge is -2.29. The Labute approximate surface area is 97.0 Å². The fourth-order valence-corrected chi connectivity index (χ4v) is 2.47. The lowest BCUT2D eigenvalue weighted by Crippen LogP contribution is -2.32. The van der Waals surface area contributed by atoms with Crippen molar-refractivity contribution in [3.8, 4) is 0 Å². The molecule has 1 aliphatic heterocycles. The highest BCUT2D eigenvalue weighted by atomic mass is 79.9. The van der Waals surface area contributed by atoms with Crippen LogP contribution < -0.4 is 10.5 Å². The molecular weight excluding hydrogens is 258 g/mol. The van der Waals surface area contributed by atoms with E-state index in [2.05, 4.69) is 25.9 Å². The SMILES string of the molecule is Cn1ncc(N2CCCCC2)c(Br)c1=O. The predicted octanol–water partition coefficient (Wildman–Crippen LogP) is 1.53. The molecule has 15 heavy (non-hydrogen) atoms. The van der Waals surface area contributed by atoms with Gasteiger partial charge in [0.15, 0.2) is 0 Å². The standard InChI is InChI=1S/C10H14BrN3O/c1-13-10(15)9(11)8(7-12-13)14-5-3-2-4-6-14/h7H,2-6H2,1H3. The fraction of sp³-hybridized carbons (Fsp3) is 0.600. The van der Waals surface area contributed by atoms with Crippen molar-refractivity contribution in [3.05, 3.63) is 21.0 Å². The summed E-state index contributed by atoms with van der Waals surface area (Å²) in [6.45, 7) is 2.04. The lowest BCUT2D eigenvalue weighted by atomic mass is 10.1. The van der Waals surface area contributed by atoms with Crippen LogP contribution in [0.3, 0.4) is 0 Å². The molecule has 2 heterocycles. The van der Waals surface area contributed by atoms with E-state index in [1.165, 1.54) is 23.9 Å². The molecule has 0 aromatic carbocycles. The first kappa shape index (κ1) is 10.7. The molecule has 0 atom stereocenters. The van der Waals surface area contributed by atoms with E-state index in [1.54, 1.807) is 13.2 Å². The molecule has 1 aromatic rings. The molecule has 1 aliphatic rings. The van der Waals surface area contributed by atoms with Crippen LogP contribution in [0.2, 0.25) is 0 Å². The van der Waals surface area contributed by atoms with Crippen LogP contribution in [-0.4, -0.2) is 22.9 Å². The second-order valence-corrected chi connectivity index (χ2v) is 4.61. The van der Waals surface area contributed by atoms with Crippen LogP contribution in [0, 0.1) is 0 Å².